The number of carbonyl (C=O) groups is 2. The lowest BCUT2D eigenvalue weighted by Crippen LogP contribution is -2.31. The molecule has 0 radical (unpaired) electrons. The number of carbonyl (C=O) groups excluding carboxylic acids is 2. The van der Waals surface area contributed by atoms with Gasteiger partial charge in [-0.25, -0.2) is 4.39 Å². The second-order valence-electron chi connectivity index (χ2n) is 6.26. The summed E-state index contributed by atoms with van der Waals surface area (Å²) < 4.78 is 18.4. The quantitative estimate of drug-likeness (QED) is 0.367. The number of ketones is 1. The Morgan fingerprint density at radius 3 is 2.41 bits per heavy atom. The van der Waals surface area contributed by atoms with E-state index >= 15 is 0 Å². The topological polar surface area (TPSA) is 66.8 Å². The Balaban J connectivity index is 2.10. The molecule has 27 heavy (non-hydrogen) atoms. The van der Waals surface area contributed by atoms with Crippen LogP contribution in [0.1, 0.15) is 23.6 Å². The van der Waals surface area contributed by atoms with Gasteiger partial charge in [0.15, 0.2) is 0 Å². The van der Waals surface area contributed by atoms with E-state index in [-0.39, 0.29) is 17.9 Å². The number of benzene rings is 2. The average Bonchev–Trinajstić information content (AvgIpc) is 2.94. The summed E-state index contributed by atoms with van der Waals surface area (Å²) in [6, 6.07) is 13.4. The van der Waals surface area contributed by atoms with Crippen molar-refractivity contribution in [2.45, 2.75) is 12.5 Å². The average molecular weight is 369 g/mol. The highest BCUT2D eigenvalue weighted by Crippen LogP contribution is 2.39. The Morgan fingerprint density at radius 1 is 1.11 bits per heavy atom. The standard InChI is InChI=1S/C21H20FNO4/c1-27-13-5-12-23-18(14-8-10-16(22)11-9-14)17(20(25)21(23)26)19(24)15-6-3-2-4-7-15/h2-4,6-11,18,24H,5,12-13H2,1H3/t18-/m1/s1. The number of halogens is 1. The number of nitrogens with zero attached hydrogens (tertiary/aromatic N) is 1. The Bertz CT molecular complexity index is 862. The van der Waals surface area contributed by atoms with Crippen LogP contribution in [0.5, 0.6) is 0 Å². The van der Waals surface area contributed by atoms with E-state index in [1.54, 1.807) is 37.4 Å². The van der Waals surface area contributed by atoms with Crippen molar-refractivity contribution in [1.29, 1.82) is 0 Å². The largest absolute Gasteiger partial charge is 0.507 e. The molecule has 1 fully saturated rings. The van der Waals surface area contributed by atoms with Crippen molar-refractivity contribution in [3.63, 3.8) is 0 Å². The van der Waals surface area contributed by atoms with Crippen LogP contribution in [0.15, 0.2) is 60.2 Å². The molecule has 1 saturated heterocycles. The number of aliphatic hydroxyl groups is 1. The molecule has 0 unspecified atom stereocenters. The molecule has 1 N–H and O–H groups in total. The van der Waals surface area contributed by atoms with Crippen molar-refractivity contribution in [3.05, 3.63) is 77.1 Å². The van der Waals surface area contributed by atoms with Gasteiger partial charge >= 0.3 is 0 Å². The van der Waals surface area contributed by atoms with E-state index in [1.807, 2.05) is 0 Å². The molecule has 5 nitrogen and oxygen atoms in total. The smallest absolute Gasteiger partial charge is 0.295 e. The summed E-state index contributed by atoms with van der Waals surface area (Å²) in [5.41, 5.74) is 1.01. The molecule has 0 saturated carbocycles. The van der Waals surface area contributed by atoms with Gasteiger partial charge in [-0.15, -0.1) is 0 Å². The van der Waals surface area contributed by atoms with Crippen LogP contribution in [0, 0.1) is 5.82 Å². The maximum Gasteiger partial charge on any atom is 0.295 e. The fraction of sp³-hybridized carbons (Fsp3) is 0.238. The van der Waals surface area contributed by atoms with E-state index in [2.05, 4.69) is 0 Å². The molecule has 1 aliphatic rings. The monoisotopic (exact) mass is 369 g/mol. The van der Waals surface area contributed by atoms with Crippen molar-refractivity contribution in [1.82, 2.24) is 4.90 Å². The van der Waals surface area contributed by atoms with Crippen LogP contribution in [0.2, 0.25) is 0 Å². The van der Waals surface area contributed by atoms with Crippen molar-refractivity contribution in [2.24, 2.45) is 0 Å². The Labute approximate surface area is 156 Å². The molecular weight excluding hydrogens is 349 g/mol. The third-order valence-electron chi connectivity index (χ3n) is 4.52. The van der Waals surface area contributed by atoms with E-state index in [1.165, 1.54) is 29.2 Å². The molecular formula is C21H20FNO4. The van der Waals surface area contributed by atoms with Gasteiger partial charge in [-0.1, -0.05) is 42.5 Å². The first-order chi connectivity index (χ1) is 13.0. The number of amides is 1. The first-order valence-corrected chi connectivity index (χ1v) is 8.63. The molecule has 140 valence electrons. The molecule has 1 heterocycles. The summed E-state index contributed by atoms with van der Waals surface area (Å²) in [5.74, 6) is -2.09. The van der Waals surface area contributed by atoms with Crippen LogP contribution >= 0.6 is 0 Å². The van der Waals surface area contributed by atoms with E-state index in [0.717, 1.165) is 0 Å². The maximum absolute atomic E-state index is 13.4. The molecule has 3 rings (SSSR count). The zero-order valence-corrected chi connectivity index (χ0v) is 14.9. The van der Waals surface area contributed by atoms with Gasteiger partial charge in [-0.3, -0.25) is 9.59 Å². The highest BCUT2D eigenvalue weighted by atomic mass is 19.1. The normalized spacial score (nSPS) is 18.9. The van der Waals surface area contributed by atoms with Crippen LogP contribution in [0.25, 0.3) is 5.76 Å². The number of ether oxygens (including phenoxy) is 1. The molecule has 1 amide bonds. The lowest BCUT2D eigenvalue weighted by atomic mass is 9.95. The molecule has 1 atom stereocenters. The minimum absolute atomic E-state index is 0.00947. The second-order valence-corrected chi connectivity index (χ2v) is 6.26. The second kappa shape index (κ2) is 8.14. The van der Waals surface area contributed by atoms with Crippen molar-refractivity contribution < 1.29 is 23.8 Å². The summed E-state index contributed by atoms with van der Waals surface area (Å²) in [5, 5.41) is 10.8. The molecule has 0 spiro atoms. The van der Waals surface area contributed by atoms with Crippen LogP contribution in [0.3, 0.4) is 0 Å². The Morgan fingerprint density at radius 2 is 1.78 bits per heavy atom. The van der Waals surface area contributed by atoms with Gasteiger partial charge in [0.05, 0.1) is 11.6 Å². The minimum atomic E-state index is -0.775. The van der Waals surface area contributed by atoms with Crippen LogP contribution < -0.4 is 0 Å². The van der Waals surface area contributed by atoms with E-state index in [0.29, 0.717) is 24.2 Å². The Kier molecular flexibility index (Phi) is 5.66. The minimum Gasteiger partial charge on any atom is -0.507 e. The van der Waals surface area contributed by atoms with Crippen molar-refractivity contribution in [2.75, 3.05) is 20.3 Å². The van der Waals surface area contributed by atoms with Gasteiger partial charge in [0.1, 0.15) is 11.6 Å². The van der Waals surface area contributed by atoms with Gasteiger partial charge in [0.2, 0.25) is 0 Å². The summed E-state index contributed by atoms with van der Waals surface area (Å²) in [6.45, 7) is 0.712. The molecule has 1 aliphatic heterocycles. The van der Waals surface area contributed by atoms with Crippen molar-refractivity contribution in [3.8, 4) is 0 Å². The van der Waals surface area contributed by atoms with Gasteiger partial charge < -0.3 is 14.7 Å². The number of methoxy groups -OCH3 is 1. The zero-order valence-electron chi connectivity index (χ0n) is 14.9. The van der Waals surface area contributed by atoms with Crippen LogP contribution in [-0.4, -0.2) is 42.0 Å². The lowest BCUT2D eigenvalue weighted by molar-refractivity contribution is -0.140. The predicted molar refractivity (Wildman–Crippen MR) is 98.3 cm³/mol. The first kappa shape index (κ1) is 18.8. The molecule has 2 aromatic carbocycles. The summed E-state index contributed by atoms with van der Waals surface area (Å²) in [6.07, 6.45) is 0.534. The summed E-state index contributed by atoms with van der Waals surface area (Å²) >= 11 is 0. The summed E-state index contributed by atoms with van der Waals surface area (Å²) in [4.78, 5) is 26.7. The third kappa shape index (κ3) is 3.75. The van der Waals surface area contributed by atoms with E-state index in [9.17, 15) is 19.1 Å². The van der Waals surface area contributed by atoms with Crippen molar-refractivity contribution >= 4 is 17.4 Å². The van der Waals surface area contributed by atoms with E-state index in [4.69, 9.17) is 4.74 Å². The number of hydrogen-bond donors (Lipinski definition) is 1. The van der Waals surface area contributed by atoms with Crippen LogP contribution in [0.4, 0.5) is 4.39 Å². The highest BCUT2D eigenvalue weighted by Gasteiger charge is 2.45. The molecule has 0 aliphatic carbocycles. The summed E-state index contributed by atoms with van der Waals surface area (Å²) in [7, 11) is 1.56. The molecule has 0 aromatic heterocycles. The lowest BCUT2D eigenvalue weighted by Gasteiger charge is -2.25. The number of likely N-dealkylation sites (tertiary alicyclic amines) is 1. The number of aliphatic hydroxyl groups excluding tert-OH is 1. The Hall–Kier alpha value is -2.99. The van der Waals surface area contributed by atoms with Gasteiger partial charge in [0.25, 0.3) is 11.7 Å². The van der Waals surface area contributed by atoms with E-state index < -0.39 is 23.5 Å². The number of Topliss-reactive ketones (excluding diaryl/α,β-unsaturated/α-hetero) is 1. The maximum atomic E-state index is 13.4. The number of rotatable bonds is 6. The zero-order chi connectivity index (χ0) is 19.4. The molecule has 0 bridgehead atoms. The first-order valence-electron chi connectivity index (χ1n) is 8.63. The molecule has 6 heteroatoms. The number of hydrogen-bond acceptors (Lipinski definition) is 4. The van der Waals surface area contributed by atoms with Gasteiger partial charge in [0, 0.05) is 25.8 Å². The third-order valence-corrected chi connectivity index (χ3v) is 4.52. The van der Waals surface area contributed by atoms with Gasteiger partial charge in [-0.05, 0) is 24.1 Å². The van der Waals surface area contributed by atoms with Gasteiger partial charge in [-0.2, -0.15) is 0 Å². The fourth-order valence-corrected chi connectivity index (χ4v) is 3.23. The molecule has 2 aromatic rings. The van der Waals surface area contributed by atoms with Crippen LogP contribution in [-0.2, 0) is 14.3 Å². The highest BCUT2D eigenvalue weighted by molar-refractivity contribution is 6.46. The fourth-order valence-electron chi connectivity index (χ4n) is 3.23. The predicted octanol–water partition coefficient (Wildman–Crippen LogP) is 3.28. The SMILES string of the molecule is COCCCN1C(=O)C(=O)C(=C(O)c2ccccc2)[C@H]1c1ccc(F)cc1.